The van der Waals surface area contributed by atoms with Crippen LogP contribution in [0.1, 0.15) is 46.5 Å². The van der Waals surface area contributed by atoms with Gasteiger partial charge in [0.1, 0.15) is 22.7 Å². The Hall–Kier alpha value is -2.02. The maximum absolute atomic E-state index is 13.4. The van der Waals surface area contributed by atoms with Crippen molar-refractivity contribution in [3.63, 3.8) is 0 Å². The predicted octanol–water partition coefficient (Wildman–Crippen LogP) is 2.52. The molecule has 138 valence electrons. The molecule has 1 saturated heterocycles. The molecule has 0 aliphatic carbocycles. The summed E-state index contributed by atoms with van der Waals surface area (Å²) in [6.07, 6.45) is 3.85. The van der Waals surface area contributed by atoms with E-state index in [1.165, 1.54) is 22.9 Å². The van der Waals surface area contributed by atoms with Gasteiger partial charge in [-0.25, -0.2) is 4.39 Å². The standard InChI is InChI=1S/C18H27FN4O2/c1-18(2,3)25-17(24)8-10-22-9-4-5-14(22)11-16(21)23-12-13(19)6-7-15(23)20/h6-7,12,14,20-21H,4-5,8-11H2,1-3H3. The zero-order valence-electron chi connectivity index (χ0n) is 15.1. The van der Waals surface area contributed by atoms with Crippen LogP contribution in [0.5, 0.6) is 0 Å². The van der Waals surface area contributed by atoms with Crippen molar-refractivity contribution in [3.8, 4) is 0 Å². The molecule has 1 aliphatic heterocycles. The van der Waals surface area contributed by atoms with Crippen LogP contribution in [0, 0.1) is 16.6 Å². The van der Waals surface area contributed by atoms with Crippen molar-refractivity contribution in [1.82, 2.24) is 9.47 Å². The van der Waals surface area contributed by atoms with Crippen LogP contribution in [0.15, 0.2) is 18.3 Å². The van der Waals surface area contributed by atoms with Crippen LogP contribution in [0.3, 0.4) is 0 Å². The number of hydrogen-bond donors (Lipinski definition) is 2. The number of rotatable bonds is 5. The number of halogens is 1. The summed E-state index contributed by atoms with van der Waals surface area (Å²) in [5.74, 6) is -0.492. The molecule has 1 atom stereocenters. The van der Waals surface area contributed by atoms with Crippen molar-refractivity contribution in [1.29, 1.82) is 10.8 Å². The van der Waals surface area contributed by atoms with Crippen LogP contribution in [0.25, 0.3) is 0 Å². The van der Waals surface area contributed by atoms with E-state index in [1.54, 1.807) is 0 Å². The smallest absolute Gasteiger partial charge is 0.307 e. The Balaban J connectivity index is 1.93. The van der Waals surface area contributed by atoms with E-state index in [0.29, 0.717) is 19.4 Å². The summed E-state index contributed by atoms with van der Waals surface area (Å²) in [5.41, 5.74) is -0.396. The second-order valence-electron chi connectivity index (χ2n) is 7.42. The van der Waals surface area contributed by atoms with Gasteiger partial charge < -0.3 is 4.74 Å². The monoisotopic (exact) mass is 350 g/mol. The average Bonchev–Trinajstić information content (AvgIpc) is 2.93. The Morgan fingerprint density at radius 2 is 2.12 bits per heavy atom. The molecule has 2 N–H and O–H groups in total. The topological polar surface area (TPSA) is 82.2 Å². The quantitative estimate of drug-likeness (QED) is 0.486. The van der Waals surface area contributed by atoms with Gasteiger partial charge in [0.2, 0.25) is 0 Å². The number of pyridine rings is 1. The first-order valence-electron chi connectivity index (χ1n) is 8.62. The maximum Gasteiger partial charge on any atom is 0.307 e. The van der Waals surface area contributed by atoms with Gasteiger partial charge in [-0.2, -0.15) is 0 Å². The molecule has 1 unspecified atom stereocenters. The number of ether oxygens (including phenoxy) is 1. The molecule has 0 saturated carbocycles. The zero-order valence-corrected chi connectivity index (χ0v) is 15.1. The number of likely N-dealkylation sites (tertiary alicyclic amines) is 1. The van der Waals surface area contributed by atoms with Crippen molar-refractivity contribution < 1.29 is 13.9 Å². The van der Waals surface area contributed by atoms with E-state index >= 15 is 0 Å². The molecule has 0 spiro atoms. The molecule has 25 heavy (non-hydrogen) atoms. The Labute approximate surface area is 147 Å². The molecule has 0 bridgehead atoms. The van der Waals surface area contributed by atoms with Crippen molar-refractivity contribution in [2.45, 2.75) is 58.1 Å². The number of hydrogen-bond acceptors (Lipinski definition) is 5. The van der Waals surface area contributed by atoms with Crippen LogP contribution >= 0.6 is 0 Å². The second-order valence-corrected chi connectivity index (χ2v) is 7.42. The van der Waals surface area contributed by atoms with Crippen LogP contribution in [0.4, 0.5) is 4.39 Å². The highest BCUT2D eigenvalue weighted by atomic mass is 19.1. The first kappa shape index (κ1) is 19.3. The molecule has 0 radical (unpaired) electrons. The van der Waals surface area contributed by atoms with Crippen LogP contribution in [-0.4, -0.2) is 46.0 Å². The zero-order chi connectivity index (χ0) is 18.6. The normalized spacial score (nSPS) is 18.3. The Bertz CT molecular complexity index is 693. The third-order valence-electron chi connectivity index (χ3n) is 4.15. The van der Waals surface area contributed by atoms with Gasteiger partial charge in [-0.3, -0.25) is 25.1 Å². The molecule has 0 aromatic carbocycles. The number of aromatic nitrogens is 1. The van der Waals surface area contributed by atoms with Gasteiger partial charge in [-0.1, -0.05) is 0 Å². The second kappa shape index (κ2) is 7.91. The minimum Gasteiger partial charge on any atom is -0.460 e. The molecule has 6 nitrogen and oxygen atoms in total. The molecule has 2 heterocycles. The summed E-state index contributed by atoms with van der Waals surface area (Å²) in [7, 11) is 0. The minimum absolute atomic E-state index is 0.0877. The van der Waals surface area contributed by atoms with Gasteiger partial charge in [-0.05, 0) is 52.3 Å². The van der Waals surface area contributed by atoms with E-state index in [9.17, 15) is 9.18 Å². The average molecular weight is 350 g/mol. The Morgan fingerprint density at radius 1 is 1.40 bits per heavy atom. The van der Waals surface area contributed by atoms with E-state index < -0.39 is 11.4 Å². The maximum atomic E-state index is 13.4. The fraction of sp³-hybridized carbons (Fsp3) is 0.611. The number of nitrogens with zero attached hydrogens (tertiary/aromatic N) is 2. The van der Waals surface area contributed by atoms with E-state index in [-0.39, 0.29) is 23.3 Å². The van der Waals surface area contributed by atoms with Gasteiger partial charge >= 0.3 is 5.97 Å². The van der Waals surface area contributed by atoms with Crippen molar-refractivity contribution in [2.75, 3.05) is 13.1 Å². The lowest BCUT2D eigenvalue weighted by Crippen LogP contribution is -2.37. The fourth-order valence-electron chi connectivity index (χ4n) is 3.07. The molecule has 2 rings (SSSR count). The molecule has 1 fully saturated rings. The molecule has 1 aromatic heterocycles. The first-order valence-corrected chi connectivity index (χ1v) is 8.62. The lowest BCUT2D eigenvalue weighted by molar-refractivity contribution is -0.155. The summed E-state index contributed by atoms with van der Waals surface area (Å²) in [6.45, 7) is 7.01. The molecule has 1 aliphatic rings. The summed E-state index contributed by atoms with van der Waals surface area (Å²) in [5, 5.41) is 16.0. The summed E-state index contributed by atoms with van der Waals surface area (Å²) < 4.78 is 20.0. The Morgan fingerprint density at radius 3 is 2.80 bits per heavy atom. The number of esters is 1. The third kappa shape index (κ3) is 5.77. The highest BCUT2D eigenvalue weighted by Gasteiger charge is 2.27. The molecule has 1 aromatic rings. The van der Waals surface area contributed by atoms with Gasteiger partial charge in [0.25, 0.3) is 0 Å². The van der Waals surface area contributed by atoms with Crippen molar-refractivity contribution in [3.05, 3.63) is 29.6 Å². The molecular formula is C18H27FN4O2. The minimum atomic E-state index is -0.484. The number of carbonyl (C=O) groups is 1. The largest absolute Gasteiger partial charge is 0.460 e. The predicted molar refractivity (Wildman–Crippen MR) is 93.0 cm³/mol. The van der Waals surface area contributed by atoms with Crippen molar-refractivity contribution >= 4 is 11.8 Å². The molecular weight excluding hydrogens is 323 g/mol. The third-order valence-corrected chi connectivity index (χ3v) is 4.15. The Kier molecular flexibility index (Phi) is 6.11. The lowest BCUT2D eigenvalue weighted by Gasteiger charge is -2.26. The van der Waals surface area contributed by atoms with Crippen molar-refractivity contribution in [2.24, 2.45) is 0 Å². The van der Waals surface area contributed by atoms with Crippen LogP contribution in [0.2, 0.25) is 0 Å². The number of carbonyl (C=O) groups excluding carboxylic acids is 1. The molecule has 7 heteroatoms. The summed E-state index contributed by atoms with van der Waals surface area (Å²) >= 11 is 0. The van der Waals surface area contributed by atoms with Crippen LogP contribution in [-0.2, 0) is 9.53 Å². The van der Waals surface area contributed by atoms with E-state index in [0.717, 1.165) is 19.4 Å². The first-order chi connectivity index (χ1) is 11.7. The van der Waals surface area contributed by atoms with E-state index in [4.69, 9.17) is 15.6 Å². The highest BCUT2D eigenvalue weighted by molar-refractivity contribution is 5.81. The van der Waals surface area contributed by atoms with E-state index in [1.807, 2.05) is 20.8 Å². The number of nitrogens with one attached hydrogen (secondary N) is 2. The summed E-state index contributed by atoms with van der Waals surface area (Å²) in [6, 6.07) is 2.69. The van der Waals surface area contributed by atoms with Gasteiger partial charge in [0.15, 0.2) is 0 Å². The SMILES string of the molecule is CC(C)(C)OC(=O)CCN1CCCC1CC(=N)n1cc(F)ccc1=N. The van der Waals surface area contributed by atoms with Gasteiger partial charge in [0.05, 0.1) is 6.42 Å². The fourth-order valence-corrected chi connectivity index (χ4v) is 3.07. The molecule has 0 amide bonds. The summed E-state index contributed by atoms with van der Waals surface area (Å²) in [4.78, 5) is 14.1. The van der Waals surface area contributed by atoms with Gasteiger partial charge in [0, 0.05) is 25.2 Å². The van der Waals surface area contributed by atoms with Crippen LogP contribution < -0.4 is 5.49 Å². The van der Waals surface area contributed by atoms with Gasteiger partial charge in [-0.15, -0.1) is 0 Å². The lowest BCUT2D eigenvalue weighted by atomic mass is 10.1. The highest BCUT2D eigenvalue weighted by Crippen LogP contribution is 2.21. The van der Waals surface area contributed by atoms with E-state index in [2.05, 4.69) is 4.90 Å².